The molecule has 1 aromatic rings. The van der Waals surface area contributed by atoms with Crippen LogP contribution in [0, 0.1) is 11.2 Å². The van der Waals surface area contributed by atoms with Crippen molar-refractivity contribution in [1.29, 1.82) is 0 Å². The summed E-state index contributed by atoms with van der Waals surface area (Å²) < 4.78 is 28.5. The van der Waals surface area contributed by atoms with E-state index in [9.17, 15) is 28.6 Å². The molecule has 0 aromatic heterocycles. The largest absolute Gasteiger partial charge is 0.465 e. The van der Waals surface area contributed by atoms with Gasteiger partial charge in [0.05, 0.1) is 24.2 Å². The van der Waals surface area contributed by atoms with Gasteiger partial charge in [0, 0.05) is 12.0 Å². The van der Waals surface area contributed by atoms with Crippen LogP contribution in [0.3, 0.4) is 0 Å². The Bertz CT molecular complexity index is 741. The number of halogens is 3. The lowest BCUT2D eigenvalue weighted by Gasteiger charge is -2.45. The fraction of sp³-hybridized carbons (Fsp3) is 0.556. The summed E-state index contributed by atoms with van der Waals surface area (Å²) in [5.41, 5.74) is -2.71. The molecule has 3 N–H and O–H groups in total. The number of benzene rings is 1. The van der Waals surface area contributed by atoms with Crippen LogP contribution in [0.4, 0.5) is 13.6 Å². The summed E-state index contributed by atoms with van der Waals surface area (Å²) in [6.07, 6.45) is -3.26. The normalized spacial score (nSPS) is 24.0. The molecule has 0 spiro atoms. The van der Waals surface area contributed by atoms with Gasteiger partial charge in [0.2, 0.25) is 5.91 Å². The van der Waals surface area contributed by atoms with Gasteiger partial charge in [0.25, 0.3) is 0 Å². The number of nitrogens with one attached hydrogen (secondary N) is 1. The van der Waals surface area contributed by atoms with Gasteiger partial charge in [0.15, 0.2) is 0 Å². The van der Waals surface area contributed by atoms with E-state index in [0.29, 0.717) is 0 Å². The molecule has 1 aromatic carbocycles. The quantitative estimate of drug-likeness (QED) is 0.719. The third-order valence-corrected chi connectivity index (χ3v) is 5.34. The average Bonchev–Trinajstić information content (AvgIpc) is 2.94. The summed E-state index contributed by atoms with van der Waals surface area (Å²) in [7, 11) is 0. The maximum Gasteiger partial charge on any atom is 0.408 e. The molecule has 150 valence electrons. The van der Waals surface area contributed by atoms with Crippen LogP contribution in [-0.4, -0.2) is 52.0 Å². The lowest BCUT2D eigenvalue weighted by Crippen LogP contribution is -2.64. The Morgan fingerprint density at radius 3 is 2.59 bits per heavy atom. The van der Waals surface area contributed by atoms with E-state index in [2.05, 4.69) is 5.32 Å². The molecule has 1 fully saturated rings. The van der Waals surface area contributed by atoms with Gasteiger partial charge in [0.1, 0.15) is 17.5 Å². The lowest BCUT2D eigenvalue weighted by molar-refractivity contribution is -0.138. The number of hydrogen-bond donors (Lipinski definition) is 3. The molecule has 2 amide bonds. The predicted octanol–water partition coefficient (Wildman–Crippen LogP) is 3.14. The van der Waals surface area contributed by atoms with Crippen LogP contribution in [0.1, 0.15) is 38.8 Å². The van der Waals surface area contributed by atoms with Crippen LogP contribution < -0.4 is 5.32 Å². The molecular formula is C18H23ClF2N2O4. The van der Waals surface area contributed by atoms with Gasteiger partial charge in [-0.2, -0.15) is 0 Å². The first-order valence-electron chi connectivity index (χ1n) is 8.46. The second kappa shape index (κ2) is 7.59. The molecule has 1 aliphatic rings. The average molecular weight is 405 g/mol. The van der Waals surface area contributed by atoms with Gasteiger partial charge in [-0.15, -0.1) is 0 Å². The number of carboxylic acid groups (broad SMARTS) is 1. The van der Waals surface area contributed by atoms with Crippen LogP contribution >= 0.6 is 11.6 Å². The number of hydrogen-bond acceptors (Lipinski definition) is 3. The van der Waals surface area contributed by atoms with Crippen molar-refractivity contribution in [3.8, 4) is 0 Å². The van der Waals surface area contributed by atoms with Crippen molar-refractivity contribution in [2.45, 2.75) is 44.9 Å². The highest BCUT2D eigenvalue weighted by Crippen LogP contribution is 2.45. The Morgan fingerprint density at radius 2 is 2.07 bits per heavy atom. The first kappa shape index (κ1) is 21.4. The monoisotopic (exact) mass is 404 g/mol. The van der Waals surface area contributed by atoms with Crippen molar-refractivity contribution >= 4 is 23.6 Å². The first-order chi connectivity index (χ1) is 12.5. The SMILES string of the molecule is CC(C)(C)[C@]1(C(=O)N[C@@H](CO)c2cccc(Cl)c2F)C[C@@H](F)CN1C(=O)O. The zero-order chi connectivity index (χ0) is 20.6. The second-order valence-electron chi connectivity index (χ2n) is 7.66. The van der Waals surface area contributed by atoms with Gasteiger partial charge >= 0.3 is 6.09 Å². The molecule has 0 radical (unpaired) electrons. The summed E-state index contributed by atoms with van der Waals surface area (Å²) in [6.45, 7) is 3.82. The van der Waals surface area contributed by atoms with Crippen LogP contribution in [-0.2, 0) is 4.79 Å². The van der Waals surface area contributed by atoms with E-state index in [4.69, 9.17) is 11.6 Å². The zero-order valence-corrected chi connectivity index (χ0v) is 16.1. The minimum atomic E-state index is -1.71. The number of nitrogens with zero attached hydrogens (tertiary/aromatic N) is 1. The summed E-state index contributed by atoms with van der Waals surface area (Å²) in [5.74, 6) is -1.59. The highest BCUT2D eigenvalue weighted by atomic mass is 35.5. The molecular weight excluding hydrogens is 382 g/mol. The Labute approximate surface area is 161 Å². The Morgan fingerprint density at radius 1 is 1.44 bits per heavy atom. The smallest absolute Gasteiger partial charge is 0.408 e. The van der Waals surface area contributed by atoms with Gasteiger partial charge < -0.3 is 15.5 Å². The third-order valence-electron chi connectivity index (χ3n) is 5.05. The number of aliphatic hydroxyl groups is 1. The van der Waals surface area contributed by atoms with Crippen molar-refractivity contribution in [2.24, 2.45) is 5.41 Å². The number of likely N-dealkylation sites (tertiary alicyclic amines) is 1. The molecule has 0 bridgehead atoms. The fourth-order valence-electron chi connectivity index (χ4n) is 3.65. The van der Waals surface area contributed by atoms with Gasteiger partial charge in [-0.25, -0.2) is 13.6 Å². The number of alkyl halides is 1. The number of carbonyl (C=O) groups excluding carboxylic acids is 1. The minimum Gasteiger partial charge on any atom is -0.465 e. The zero-order valence-electron chi connectivity index (χ0n) is 15.3. The number of amides is 2. The number of rotatable bonds is 4. The van der Waals surface area contributed by atoms with E-state index in [0.717, 1.165) is 4.90 Å². The van der Waals surface area contributed by atoms with Crippen LogP contribution in [0.15, 0.2) is 18.2 Å². The topological polar surface area (TPSA) is 89.9 Å². The molecule has 1 aliphatic heterocycles. The van der Waals surface area contributed by atoms with E-state index in [1.807, 2.05) is 0 Å². The van der Waals surface area contributed by atoms with Gasteiger partial charge in [-0.05, 0) is 11.5 Å². The molecule has 0 unspecified atom stereocenters. The molecule has 3 atom stereocenters. The maximum absolute atomic E-state index is 14.3. The Hall–Kier alpha value is -1.93. The highest BCUT2D eigenvalue weighted by molar-refractivity contribution is 6.30. The molecule has 0 aliphatic carbocycles. The van der Waals surface area contributed by atoms with Gasteiger partial charge in [-0.3, -0.25) is 9.69 Å². The minimum absolute atomic E-state index is 0.0425. The molecule has 9 heteroatoms. The number of aliphatic hydroxyl groups excluding tert-OH is 1. The highest BCUT2D eigenvalue weighted by Gasteiger charge is 2.60. The van der Waals surface area contributed by atoms with E-state index in [1.54, 1.807) is 20.8 Å². The van der Waals surface area contributed by atoms with Crippen molar-refractivity contribution in [3.63, 3.8) is 0 Å². The second-order valence-corrected chi connectivity index (χ2v) is 8.06. The maximum atomic E-state index is 14.3. The molecule has 6 nitrogen and oxygen atoms in total. The molecule has 1 heterocycles. The predicted molar refractivity (Wildman–Crippen MR) is 95.8 cm³/mol. The molecule has 0 saturated carbocycles. The summed E-state index contributed by atoms with van der Waals surface area (Å²) >= 11 is 5.76. The Balaban J connectivity index is 2.44. The van der Waals surface area contributed by atoms with E-state index >= 15 is 0 Å². The summed E-state index contributed by atoms with van der Waals surface area (Å²) in [4.78, 5) is 25.6. The molecule has 27 heavy (non-hydrogen) atoms. The van der Waals surface area contributed by atoms with E-state index < -0.39 is 54.1 Å². The van der Waals surface area contributed by atoms with Crippen molar-refractivity contribution < 1.29 is 28.6 Å². The van der Waals surface area contributed by atoms with Crippen molar-refractivity contribution in [2.75, 3.05) is 13.2 Å². The first-order valence-corrected chi connectivity index (χ1v) is 8.84. The van der Waals surface area contributed by atoms with Crippen molar-refractivity contribution in [3.05, 3.63) is 34.6 Å². The van der Waals surface area contributed by atoms with Gasteiger partial charge in [-0.1, -0.05) is 44.5 Å². The van der Waals surface area contributed by atoms with E-state index in [-0.39, 0.29) is 17.0 Å². The summed E-state index contributed by atoms with van der Waals surface area (Å²) in [6, 6.07) is 2.98. The van der Waals surface area contributed by atoms with Crippen LogP contribution in [0.5, 0.6) is 0 Å². The fourth-order valence-corrected chi connectivity index (χ4v) is 3.83. The van der Waals surface area contributed by atoms with Crippen LogP contribution in [0.25, 0.3) is 0 Å². The third kappa shape index (κ3) is 3.73. The lowest BCUT2D eigenvalue weighted by atomic mass is 9.70. The van der Waals surface area contributed by atoms with Crippen molar-refractivity contribution in [1.82, 2.24) is 10.2 Å². The van der Waals surface area contributed by atoms with E-state index in [1.165, 1.54) is 18.2 Å². The Kier molecular flexibility index (Phi) is 6.01. The molecule has 2 rings (SSSR count). The standard InChI is InChI=1S/C18H23ClF2N2O4/c1-17(2,3)18(7-10(20)8-23(18)16(26)27)15(25)22-13(9-24)11-5-4-6-12(19)14(11)21/h4-6,10,13,24H,7-9H2,1-3H3,(H,22,25)(H,26,27)/t10-,13+,18-/m1/s1. The molecule has 1 saturated heterocycles. The summed E-state index contributed by atoms with van der Waals surface area (Å²) in [5, 5.41) is 21.5. The number of carbonyl (C=O) groups is 2. The van der Waals surface area contributed by atoms with Crippen LogP contribution in [0.2, 0.25) is 5.02 Å².